The molecule has 0 aliphatic heterocycles. The van der Waals surface area contributed by atoms with Crippen LogP contribution in [0.3, 0.4) is 0 Å². The molecule has 4 nitrogen and oxygen atoms in total. The Bertz CT molecular complexity index is 311. The lowest BCUT2D eigenvalue weighted by atomic mass is 9.80. The standard InChI is InChI=1S/C13H24BrNO3/c1-10(16)12(2,3)9-13(4,14)11(17)18-8-7-15(5)6/h7-9H2,1-6H3. The molecule has 5 heteroatoms. The molecule has 0 aromatic carbocycles. The maximum Gasteiger partial charge on any atom is 0.322 e. The van der Waals surface area contributed by atoms with Crippen molar-refractivity contribution in [2.24, 2.45) is 5.41 Å². The van der Waals surface area contributed by atoms with E-state index >= 15 is 0 Å². The number of alkyl halides is 1. The van der Waals surface area contributed by atoms with E-state index in [1.54, 1.807) is 13.8 Å². The molecule has 0 heterocycles. The third-order valence-electron chi connectivity index (χ3n) is 2.92. The number of halogens is 1. The second kappa shape index (κ2) is 6.66. The van der Waals surface area contributed by atoms with Crippen molar-refractivity contribution in [3.63, 3.8) is 0 Å². The third kappa shape index (κ3) is 5.96. The molecule has 0 aliphatic carbocycles. The number of nitrogens with zero attached hydrogens (tertiary/aromatic N) is 1. The summed E-state index contributed by atoms with van der Waals surface area (Å²) in [6.45, 7) is 8.00. The number of carbonyl (C=O) groups excluding carboxylic acids is 2. The van der Waals surface area contributed by atoms with Gasteiger partial charge < -0.3 is 9.64 Å². The van der Waals surface area contributed by atoms with Gasteiger partial charge in [0, 0.05) is 12.0 Å². The normalized spacial score (nSPS) is 15.3. The first-order valence-electron chi connectivity index (χ1n) is 6.01. The summed E-state index contributed by atoms with van der Waals surface area (Å²) in [5.74, 6) is -0.257. The van der Waals surface area contributed by atoms with Crippen molar-refractivity contribution in [2.75, 3.05) is 27.2 Å². The van der Waals surface area contributed by atoms with E-state index in [1.807, 2.05) is 32.8 Å². The highest BCUT2D eigenvalue weighted by Gasteiger charge is 2.39. The van der Waals surface area contributed by atoms with Crippen LogP contribution in [0, 0.1) is 5.41 Å². The van der Waals surface area contributed by atoms with Gasteiger partial charge >= 0.3 is 5.97 Å². The number of carbonyl (C=O) groups is 2. The molecule has 0 N–H and O–H groups in total. The zero-order chi connectivity index (χ0) is 14.6. The van der Waals surface area contributed by atoms with Crippen LogP contribution in [0.15, 0.2) is 0 Å². The summed E-state index contributed by atoms with van der Waals surface area (Å²) in [6.07, 6.45) is 0.413. The van der Waals surface area contributed by atoms with Gasteiger partial charge in [0.2, 0.25) is 0 Å². The second-order valence-electron chi connectivity index (χ2n) is 5.75. The van der Waals surface area contributed by atoms with Crippen molar-refractivity contribution < 1.29 is 14.3 Å². The Balaban J connectivity index is 4.44. The Morgan fingerprint density at radius 1 is 1.22 bits per heavy atom. The summed E-state index contributed by atoms with van der Waals surface area (Å²) in [7, 11) is 3.83. The van der Waals surface area contributed by atoms with Crippen LogP contribution >= 0.6 is 15.9 Å². The van der Waals surface area contributed by atoms with Gasteiger partial charge in [0.1, 0.15) is 16.7 Å². The molecule has 106 valence electrons. The minimum atomic E-state index is -0.825. The fourth-order valence-electron chi connectivity index (χ4n) is 1.50. The molecule has 0 bridgehead atoms. The van der Waals surface area contributed by atoms with Gasteiger partial charge in [0.15, 0.2) is 0 Å². The van der Waals surface area contributed by atoms with Gasteiger partial charge in [-0.2, -0.15) is 0 Å². The molecule has 0 aromatic heterocycles. The van der Waals surface area contributed by atoms with Gasteiger partial charge in [0.05, 0.1) is 0 Å². The Morgan fingerprint density at radius 2 is 1.72 bits per heavy atom. The van der Waals surface area contributed by atoms with Crippen LogP contribution in [-0.4, -0.2) is 48.2 Å². The largest absolute Gasteiger partial charge is 0.463 e. The van der Waals surface area contributed by atoms with Gasteiger partial charge in [0.25, 0.3) is 0 Å². The summed E-state index contributed by atoms with van der Waals surface area (Å²) in [4.78, 5) is 25.4. The van der Waals surface area contributed by atoms with Crippen molar-refractivity contribution in [1.29, 1.82) is 0 Å². The molecule has 18 heavy (non-hydrogen) atoms. The highest BCUT2D eigenvalue weighted by Crippen LogP contribution is 2.35. The number of ether oxygens (including phenoxy) is 1. The molecular weight excluding hydrogens is 298 g/mol. The Hall–Kier alpha value is -0.420. The molecule has 0 rings (SSSR count). The molecule has 0 aromatic rings. The molecule has 0 aliphatic rings. The SMILES string of the molecule is CC(=O)C(C)(C)CC(C)(Br)C(=O)OCCN(C)C. The van der Waals surface area contributed by atoms with Gasteiger partial charge in [-0.15, -0.1) is 0 Å². The highest BCUT2D eigenvalue weighted by atomic mass is 79.9. The van der Waals surface area contributed by atoms with Crippen molar-refractivity contribution in [2.45, 2.75) is 38.4 Å². The quantitative estimate of drug-likeness (QED) is 0.533. The van der Waals surface area contributed by atoms with Crippen LogP contribution in [0.2, 0.25) is 0 Å². The van der Waals surface area contributed by atoms with Crippen molar-refractivity contribution >= 4 is 27.7 Å². The van der Waals surface area contributed by atoms with E-state index in [9.17, 15) is 9.59 Å². The summed E-state index contributed by atoms with van der Waals surface area (Å²) in [5, 5.41) is 0. The highest BCUT2D eigenvalue weighted by molar-refractivity contribution is 9.10. The number of Topliss-reactive ketones (excluding diaryl/α,β-unsaturated/α-hetero) is 1. The molecule has 0 saturated heterocycles. The second-order valence-corrected chi connectivity index (χ2v) is 7.50. The molecule has 1 unspecified atom stereocenters. The average molecular weight is 322 g/mol. The van der Waals surface area contributed by atoms with Gasteiger partial charge in [-0.1, -0.05) is 29.8 Å². The predicted octanol–water partition coefficient (Wildman–Crippen LogP) is 2.25. The number of hydrogen-bond donors (Lipinski definition) is 0. The maximum atomic E-state index is 11.9. The van der Waals surface area contributed by atoms with Crippen LogP contribution in [-0.2, 0) is 14.3 Å². The summed E-state index contributed by atoms with van der Waals surface area (Å²) in [6, 6.07) is 0. The van der Waals surface area contributed by atoms with Gasteiger partial charge in [-0.3, -0.25) is 9.59 Å². The van der Waals surface area contributed by atoms with Crippen molar-refractivity contribution in [3.05, 3.63) is 0 Å². The lowest BCUT2D eigenvalue weighted by molar-refractivity contribution is -0.147. The van der Waals surface area contributed by atoms with E-state index in [2.05, 4.69) is 15.9 Å². The van der Waals surface area contributed by atoms with E-state index in [0.717, 1.165) is 0 Å². The zero-order valence-corrected chi connectivity index (χ0v) is 13.8. The minimum absolute atomic E-state index is 0.0641. The number of hydrogen-bond acceptors (Lipinski definition) is 4. The fourth-order valence-corrected chi connectivity index (χ4v) is 2.31. The maximum absolute atomic E-state index is 11.9. The van der Waals surface area contributed by atoms with Crippen LogP contribution in [0.1, 0.15) is 34.1 Å². The molecule has 1 atom stereocenters. The smallest absolute Gasteiger partial charge is 0.322 e. The van der Waals surface area contributed by atoms with E-state index in [0.29, 0.717) is 19.6 Å². The summed E-state index contributed by atoms with van der Waals surface area (Å²) < 4.78 is 4.38. The van der Waals surface area contributed by atoms with E-state index in [-0.39, 0.29) is 11.8 Å². The number of rotatable bonds is 7. The first-order valence-corrected chi connectivity index (χ1v) is 6.80. The zero-order valence-electron chi connectivity index (χ0n) is 12.2. The fraction of sp³-hybridized carbons (Fsp3) is 0.846. The topological polar surface area (TPSA) is 46.6 Å². The number of likely N-dealkylation sites (N-methyl/N-ethyl adjacent to an activating group) is 1. The first kappa shape index (κ1) is 17.6. The van der Waals surface area contributed by atoms with E-state index < -0.39 is 9.74 Å². The van der Waals surface area contributed by atoms with Crippen LogP contribution in [0.25, 0.3) is 0 Å². The van der Waals surface area contributed by atoms with Crippen molar-refractivity contribution in [1.82, 2.24) is 4.90 Å². The van der Waals surface area contributed by atoms with Gasteiger partial charge in [-0.25, -0.2) is 0 Å². The lowest BCUT2D eigenvalue weighted by Crippen LogP contribution is -2.39. The van der Waals surface area contributed by atoms with Gasteiger partial charge in [-0.05, 0) is 34.4 Å². The van der Waals surface area contributed by atoms with Crippen LogP contribution < -0.4 is 0 Å². The predicted molar refractivity (Wildman–Crippen MR) is 75.9 cm³/mol. The third-order valence-corrected chi connectivity index (χ3v) is 3.53. The van der Waals surface area contributed by atoms with E-state index in [1.165, 1.54) is 0 Å². The summed E-state index contributed by atoms with van der Waals surface area (Å²) >= 11 is 3.38. The summed E-state index contributed by atoms with van der Waals surface area (Å²) in [5.41, 5.74) is -0.543. The average Bonchev–Trinajstić information content (AvgIpc) is 2.14. The first-order chi connectivity index (χ1) is 7.99. The molecule has 0 fully saturated rings. The molecule has 0 saturated carbocycles. The number of ketones is 1. The number of esters is 1. The molecule has 0 radical (unpaired) electrons. The Morgan fingerprint density at radius 3 is 2.11 bits per heavy atom. The minimum Gasteiger partial charge on any atom is -0.463 e. The Kier molecular flexibility index (Phi) is 6.51. The Labute approximate surface area is 118 Å². The van der Waals surface area contributed by atoms with Crippen LogP contribution in [0.4, 0.5) is 0 Å². The van der Waals surface area contributed by atoms with Crippen LogP contribution in [0.5, 0.6) is 0 Å². The molecule has 0 spiro atoms. The monoisotopic (exact) mass is 321 g/mol. The van der Waals surface area contributed by atoms with Crippen molar-refractivity contribution in [3.8, 4) is 0 Å². The van der Waals surface area contributed by atoms with E-state index in [4.69, 9.17) is 4.74 Å². The molecule has 0 amide bonds. The molecular formula is C13H24BrNO3. The lowest BCUT2D eigenvalue weighted by Gasteiger charge is -2.30.